The van der Waals surface area contributed by atoms with E-state index in [4.69, 9.17) is 22.1 Å². The van der Waals surface area contributed by atoms with Gasteiger partial charge in [-0.3, -0.25) is 4.79 Å². The van der Waals surface area contributed by atoms with Gasteiger partial charge in [-0.05, 0) is 32.0 Å². The van der Waals surface area contributed by atoms with Gasteiger partial charge in [0.25, 0.3) is 0 Å². The van der Waals surface area contributed by atoms with Crippen LogP contribution in [0.1, 0.15) is 24.2 Å². The van der Waals surface area contributed by atoms with Gasteiger partial charge in [0.1, 0.15) is 5.75 Å². The van der Waals surface area contributed by atoms with E-state index in [1.54, 1.807) is 18.2 Å². The molecule has 3 nitrogen and oxygen atoms in total. The van der Waals surface area contributed by atoms with Crippen LogP contribution in [-0.4, -0.2) is 18.4 Å². The van der Waals surface area contributed by atoms with Crippen molar-refractivity contribution in [2.75, 3.05) is 6.54 Å². The zero-order chi connectivity index (χ0) is 11.4. The Balaban J connectivity index is 2.99. The molecule has 0 aromatic heterocycles. The molecule has 0 heterocycles. The van der Waals surface area contributed by atoms with Crippen molar-refractivity contribution >= 4 is 17.4 Å². The van der Waals surface area contributed by atoms with E-state index in [1.165, 1.54) is 0 Å². The summed E-state index contributed by atoms with van der Waals surface area (Å²) < 4.78 is 5.46. The van der Waals surface area contributed by atoms with Crippen LogP contribution in [0.5, 0.6) is 5.75 Å². The van der Waals surface area contributed by atoms with Gasteiger partial charge in [-0.2, -0.15) is 0 Å². The van der Waals surface area contributed by atoms with E-state index in [-0.39, 0.29) is 18.4 Å². The van der Waals surface area contributed by atoms with Crippen molar-refractivity contribution in [3.63, 3.8) is 0 Å². The number of benzene rings is 1. The average Bonchev–Trinajstić information content (AvgIpc) is 2.19. The Hall–Kier alpha value is -1.06. The second kappa shape index (κ2) is 5.14. The monoisotopic (exact) mass is 227 g/mol. The van der Waals surface area contributed by atoms with Crippen molar-refractivity contribution in [1.82, 2.24) is 0 Å². The summed E-state index contributed by atoms with van der Waals surface area (Å²) in [6.45, 7) is 3.78. The van der Waals surface area contributed by atoms with Gasteiger partial charge < -0.3 is 10.5 Å². The van der Waals surface area contributed by atoms with Crippen molar-refractivity contribution in [1.29, 1.82) is 0 Å². The van der Waals surface area contributed by atoms with Crippen molar-refractivity contribution in [3.8, 4) is 5.75 Å². The molecule has 4 heteroatoms. The van der Waals surface area contributed by atoms with E-state index in [0.717, 1.165) is 0 Å². The van der Waals surface area contributed by atoms with Crippen LogP contribution in [0.25, 0.3) is 0 Å². The number of ketones is 1. The minimum absolute atomic E-state index is 0.0112. The average molecular weight is 228 g/mol. The van der Waals surface area contributed by atoms with Gasteiger partial charge >= 0.3 is 0 Å². The second-order valence-corrected chi connectivity index (χ2v) is 3.85. The molecule has 0 aliphatic rings. The van der Waals surface area contributed by atoms with E-state index in [9.17, 15) is 4.79 Å². The number of ether oxygens (including phenoxy) is 1. The van der Waals surface area contributed by atoms with Crippen molar-refractivity contribution in [2.45, 2.75) is 20.0 Å². The van der Waals surface area contributed by atoms with Crippen LogP contribution in [0.2, 0.25) is 5.02 Å². The lowest BCUT2D eigenvalue weighted by Crippen LogP contribution is -2.14. The first kappa shape index (κ1) is 12.0. The summed E-state index contributed by atoms with van der Waals surface area (Å²) >= 11 is 5.92. The molecule has 2 N–H and O–H groups in total. The first-order valence-electron chi connectivity index (χ1n) is 4.74. The minimum atomic E-state index is -0.125. The van der Waals surface area contributed by atoms with E-state index in [0.29, 0.717) is 16.3 Å². The van der Waals surface area contributed by atoms with Gasteiger partial charge in [0.05, 0.1) is 17.7 Å². The predicted molar refractivity (Wildman–Crippen MR) is 60.6 cm³/mol. The third kappa shape index (κ3) is 3.22. The number of nitrogens with two attached hydrogens (primary N) is 1. The maximum atomic E-state index is 11.3. The van der Waals surface area contributed by atoms with Gasteiger partial charge in [0, 0.05) is 5.56 Å². The summed E-state index contributed by atoms with van der Waals surface area (Å²) in [6.07, 6.45) is 0.0192. The Morgan fingerprint density at radius 2 is 2.20 bits per heavy atom. The molecule has 0 atom stereocenters. The molecule has 1 rings (SSSR count). The third-order valence-corrected chi connectivity index (χ3v) is 2.11. The number of halogens is 1. The standard InChI is InChI=1S/C11H14ClNO2/c1-7(2)15-11-5-8(10(14)6-13)3-4-9(11)12/h3-5,7H,6,13H2,1-2H3. The van der Waals surface area contributed by atoms with Crippen LogP contribution in [-0.2, 0) is 0 Å². The Labute approximate surface area is 94.2 Å². The van der Waals surface area contributed by atoms with E-state index < -0.39 is 0 Å². The lowest BCUT2D eigenvalue weighted by Gasteiger charge is -2.12. The van der Waals surface area contributed by atoms with Gasteiger partial charge in [-0.25, -0.2) is 0 Å². The lowest BCUT2D eigenvalue weighted by atomic mass is 10.1. The SMILES string of the molecule is CC(C)Oc1cc(C(=O)CN)ccc1Cl. The van der Waals surface area contributed by atoms with E-state index >= 15 is 0 Å². The normalized spacial score (nSPS) is 10.5. The molecule has 1 aromatic carbocycles. The zero-order valence-electron chi connectivity index (χ0n) is 8.79. The molecular weight excluding hydrogens is 214 g/mol. The molecule has 0 bridgehead atoms. The van der Waals surface area contributed by atoms with Crippen LogP contribution < -0.4 is 10.5 Å². The molecule has 0 aliphatic heterocycles. The molecular formula is C11H14ClNO2. The first-order chi connectivity index (χ1) is 7.04. The Morgan fingerprint density at radius 3 is 2.73 bits per heavy atom. The molecule has 0 unspecified atom stereocenters. The highest BCUT2D eigenvalue weighted by atomic mass is 35.5. The molecule has 0 radical (unpaired) electrons. The molecule has 0 fully saturated rings. The van der Waals surface area contributed by atoms with Crippen LogP contribution in [0.3, 0.4) is 0 Å². The summed E-state index contributed by atoms with van der Waals surface area (Å²) in [5.74, 6) is 0.395. The van der Waals surface area contributed by atoms with Crippen LogP contribution >= 0.6 is 11.6 Å². The van der Waals surface area contributed by atoms with Gasteiger partial charge in [0.15, 0.2) is 5.78 Å². The molecule has 0 amide bonds. The molecule has 1 aromatic rings. The first-order valence-corrected chi connectivity index (χ1v) is 5.12. The fourth-order valence-corrected chi connectivity index (χ4v) is 1.30. The fraction of sp³-hybridized carbons (Fsp3) is 0.364. The van der Waals surface area contributed by atoms with Crippen LogP contribution in [0.15, 0.2) is 18.2 Å². The predicted octanol–water partition coefficient (Wildman–Crippen LogP) is 2.27. The fourth-order valence-electron chi connectivity index (χ4n) is 1.14. The van der Waals surface area contributed by atoms with Crippen molar-refractivity contribution < 1.29 is 9.53 Å². The zero-order valence-corrected chi connectivity index (χ0v) is 9.54. The maximum Gasteiger partial charge on any atom is 0.176 e. The Morgan fingerprint density at radius 1 is 1.53 bits per heavy atom. The molecule has 0 aliphatic carbocycles. The molecule has 15 heavy (non-hydrogen) atoms. The number of Topliss-reactive ketones (excluding diaryl/α,β-unsaturated/α-hetero) is 1. The van der Waals surface area contributed by atoms with Gasteiger partial charge in [-0.15, -0.1) is 0 Å². The topological polar surface area (TPSA) is 52.3 Å². The smallest absolute Gasteiger partial charge is 0.176 e. The van der Waals surface area contributed by atoms with Crippen molar-refractivity contribution in [2.24, 2.45) is 5.73 Å². The lowest BCUT2D eigenvalue weighted by molar-refractivity contribution is 0.100. The van der Waals surface area contributed by atoms with Gasteiger partial charge in [0.2, 0.25) is 0 Å². The number of hydrogen-bond acceptors (Lipinski definition) is 3. The highest BCUT2D eigenvalue weighted by Gasteiger charge is 2.09. The number of hydrogen-bond donors (Lipinski definition) is 1. The quantitative estimate of drug-likeness (QED) is 0.803. The maximum absolute atomic E-state index is 11.3. The summed E-state index contributed by atoms with van der Waals surface area (Å²) in [4.78, 5) is 11.3. The van der Waals surface area contributed by atoms with Crippen LogP contribution in [0.4, 0.5) is 0 Å². The summed E-state index contributed by atoms with van der Waals surface area (Å²) in [5.41, 5.74) is 5.80. The summed E-state index contributed by atoms with van der Waals surface area (Å²) in [7, 11) is 0. The Kier molecular flexibility index (Phi) is 4.12. The highest BCUT2D eigenvalue weighted by molar-refractivity contribution is 6.32. The largest absolute Gasteiger partial charge is 0.489 e. The van der Waals surface area contributed by atoms with Crippen molar-refractivity contribution in [3.05, 3.63) is 28.8 Å². The van der Waals surface area contributed by atoms with E-state index in [2.05, 4.69) is 0 Å². The van der Waals surface area contributed by atoms with Gasteiger partial charge in [-0.1, -0.05) is 11.6 Å². The molecule has 0 saturated carbocycles. The Bertz CT molecular complexity index is 364. The minimum Gasteiger partial charge on any atom is -0.489 e. The highest BCUT2D eigenvalue weighted by Crippen LogP contribution is 2.26. The summed E-state index contributed by atoms with van der Waals surface area (Å²) in [5, 5.41) is 0.497. The molecule has 0 spiro atoms. The van der Waals surface area contributed by atoms with Crippen LogP contribution in [0, 0.1) is 0 Å². The second-order valence-electron chi connectivity index (χ2n) is 3.44. The number of carbonyl (C=O) groups is 1. The third-order valence-electron chi connectivity index (χ3n) is 1.80. The van der Waals surface area contributed by atoms with E-state index in [1.807, 2.05) is 13.8 Å². The molecule has 82 valence electrons. The number of carbonyl (C=O) groups excluding carboxylic acids is 1. The molecule has 0 saturated heterocycles. The number of rotatable bonds is 4. The summed E-state index contributed by atoms with van der Waals surface area (Å²) in [6, 6.07) is 4.91.